The predicted molar refractivity (Wildman–Crippen MR) is 81.3 cm³/mol. The minimum absolute atomic E-state index is 0.0223. The van der Waals surface area contributed by atoms with Crippen LogP contribution in [0.4, 0.5) is 5.82 Å². The Labute approximate surface area is 123 Å². The first-order valence-corrected chi connectivity index (χ1v) is 7.34. The highest BCUT2D eigenvalue weighted by Crippen LogP contribution is 2.25. The molecule has 1 saturated heterocycles. The zero-order chi connectivity index (χ0) is 15.0. The average molecular weight is 287 g/mol. The van der Waals surface area contributed by atoms with Gasteiger partial charge in [0.2, 0.25) is 5.91 Å². The summed E-state index contributed by atoms with van der Waals surface area (Å²) in [6, 6.07) is 1.82. The fraction of sp³-hybridized carbons (Fsp3) is 0.533. The van der Waals surface area contributed by atoms with Crippen molar-refractivity contribution in [3.63, 3.8) is 0 Å². The maximum absolute atomic E-state index is 11.9. The second kappa shape index (κ2) is 5.02. The molecule has 0 radical (unpaired) electrons. The Hall–Kier alpha value is -2.11. The summed E-state index contributed by atoms with van der Waals surface area (Å²) in [4.78, 5) is 16.3. The van der Waals surface area contributed by atoms with E-state index in [9.17, 15) is 4.79 Å². The zero-order valence-corrected chi connectivity index (χ0v) is 12.7. The van der Waals surface area contributed by atoms with Crippen molar-refractivity contribution in [3.05, 3.63) is 24.2 Å². The van der Waals surface area contributed by atoms with Crippen LogP contribution in [0.15, 0.2) is 18.5 Å². The van der Waals surface area contributed by atoms with Crippen molar-refractivity contribution in [2.45, 2.75) is 45.1 Å². The highest BCUT2D eigenvalue weighted by atomic mass is 16.2. The summed E-state index contributed by atoms with van der Waals surface area (Å²) in [5, 5.41) is 10.7. The van der Waals surface area contributed by atoms with Gasteiger partial charge in [0.25, 0.3) is 0 Å². The standard InChI is InChI=1S/C15H21N5O/c1-15(2,3)12-9-11-13(16-7-8-20(11)19-12)18-10-5-4-6-17-14(10)21/h7-10H,4-6H2,1-3H3,(H,16,18)(H,17,21). The number of anilines is 1. The van der Waals surface area contributed by atoms with Crippen molar-refractivity contribution in [2.24, 2.45) is 0 Å². The molecule has 6 nitrogen and oxygen atoms in total. The first-order chi connectivity index (χ1) is 9.95. The lowest BCUT2D eigenvalue weighted by molar-refractivity contribution is -0.123. The number of nitrogens with zero attached hydrogens (tertiary/aromatic N) is 3. The Bertz CT molecular complexity index is 670. The SMILES string of the molecule is CC(C)(C)c1cc2c(NC3CCCNC3=O)nccn2n1. The Kier molecular flexibility index (Phi) is 3.31. The second-order valence-corrected chi connectivity index (χ2v) is 6.52. The molecule has 6 heteroatoms. The normalized spacial score (nSPS) is 19.6. The van der Waals surface area contributed by atoms with Crippen molar-refractivity contribution in [1.82, 2.24) is 19.9 Å². The third-order valence-electron chi connectivity index (χ3n) is 3.75. The molecular weight excluding hydrogens is 266 g/mol. The fourth-order valence-corrected chi connectivity index (χ4v) is 2.47. The number of fused-ring (bicyclic) bond motifs is 1. The number of amides is 1. The van der Waals surface area contributed by atoms with Crippen LogP contribution in [0.25, 0.3) is 5.52 Å². The number of carbonyl (C=O) groups excluding carboxylic acids is 1. The van der Waals surface area contributed by atoms with Crippen molar-refractivity contribution in [2.75, 3.05) is 11.9 Å². The molecule has 1 atom stereocenters. The van der Waals surface area contributed by atoms with Crippen molar-refractivity contribution >= 4 is 17.2 Å². The van der Waals surface area contributed by atoms with Gasteiger partial charge >= 0.3 is 0 Å². The van der Waals surface area contributed by atoms with E-state index in [1.165, 1.54) is 0 Å². The average Bonchev–Trinajstić information content (AvgIpc) is 2.86. The molecule has 1 fully saturated rings. The van der Waals surface area contributed by atoms with Crippen LogP contribution in [0.2, 0.25) is 0 Å². The Morgan fingerprint density at radius 2 is 2.24 bits per heavy atom. The summed E-state index contributed by atoms with van der Waals surface area (Å²) in [5.74, 6) is 0.753. The number of piperidine rings is 1. The van der Waals surface area contributed by atoms with Gasteiger partial charge in [-0.25, -0.2) is 9.50 Å². The number of carbonyl (C=O) groups is 1. The van der Waals surface area contributed by atoms with Crippen LogP contribution in [-0.2, 0) is 10.2 Å². The van der Waals surface area contributed by atoms with E-state index in [1.54, 1.807) is 6.20 Å². The minimum atomic E-state index is -0.217. The molecule has 0 saturated carbocycles. The second-order valence-electron chi connectivity index (χ2n) is 6.52. The molecule has 0 aliphatic carbocycles. The topological polar surface area (TPSA) is 71.3 Å². The molecule has 2 aromatic rings. The number of rotatable bonds is 2. The van der Waals surface area contributed by atoms with Gasteiger partial charge in [-0.3, -0.25) is 4.79 Å². The van der Waals surface area contributed by atoms with Gasteiger partial charge in [0, 0.05) is 24.4 Å². The molecule has 1 unspecified atom stereocenters. The van der Waals surface area contributed by atoms with Crippen LogP contribution < -0.4 is 10.6 Å². The summed E-state index contributed by atoms with van der Waals surface area (Å²) in [7, 11) is 0. The first kappa shape index (κ1) is 13.9. The number of nitrogens with one attached hydrogen (secondary N) is 2. The summed E-state index contributed by atoms with van der Waals surface area (Å²) >= 11 is 0. The van der Waals surface area contributed by atoms with E-state index in [4.69, 9.17) is 0 Å². The zero-order valence-electron chi connectivity index (χ0n) is 12.7. The lowest BCUT2D eigenvalue weighted by atomic mass is 9.92. The first-order valence-electron chi connectivity index (χ1n) is 7.34. The van der Waals surface area contributed by atoms with E-state index >= 15 is 0 Å². The molecule has 1 amide bonds. The molecule has 0 spiro atoms. The van der Waals surface area contributed by atoms with Gasteiger partial charge in [-0.1, -0.05) is 20.8 Å². The van der Waals surface area contributed by atoms with E-state index < -0.39 is 0 Å². The number of aromatic nitrogens is 3. The van der Waals surface area contributed by atoms with E-state index in [1.807, 2.05) is 16.8 Å². The smallest absolute Gasteiger partial charge is 0.242 e. The van der Waals surface area contributed by atoms with Crippen LogP contribution in [0, 0.1) is 0 Å². The highest BCUT2D eigenvalue weighted by Gasteiger charge is 2.24. The van der Waals surface area contributed by atoms with Crippen LogP contribution in [0.5, 0.6) is 0 Å². The number of hydrogen-bond acceptors (Lipinski definition) is 4. The van der Waals surface area contributed by atoms with Crippen molar-refractivity contribution in [1.29, 1.82) is 0 Å². The van der Waals surface area contributed by atoms with Gasteiger partial charge in [0.05, 0.1) is 5.69 Å². The molecule has 3 heterocycles. The van der Waals surface area contributed by atoms with Crippen LogP contribution >= 0.6 is 0 Å². The third-order valence-corrected chi connectivity index (χ3v) is 3.75. The Balaban J connectivity index is 1.95. The summed E-state index contributed by atoms with van der Waals surface area (Å²) in [6.07, 6.45) is 5.35. The molecule has 2 N–H and O–H groups in total. The predicted octanol–water partition coefficient (Wildman–Crippen LogP) is 1.72. The summed E-state index contributed by atoms with van der Waals surface area (Å²) in [6.45, 7) is 7.15. The summed E-state index contributed by atoms with van der Waals surface area (Å²) in [5.41, 5.74) is 1.89. The van der Waals surface area contributed by atoms with Gasteiger partial charge in [-0.05, 0) is 18.9 Å². The lowest BCUT2D eigenvalue weighted by Crippen LogP contribution is -2.44. The van der Waals surface area contributed by atoms with E-state index in [0.29, 0.717) is 5.82 Å². The van der Waals surface area contributed by atoms with Gasteiger partial charge in [-0.2, -0.15) is 5.10 Å². The number of hydrogen-bond donors (Lipinski definition) is 2. The van der Waals surface area contributed by atoms with Crippen LogP contribution in [0.1, 0.15) is 39.3 Å². The molecule has 21 heavy (non-hydrogen) atoms. The maximum Gasteiger partial charge on any atom is 0.242 e. The van der Waals surface area contributed by atoms with Gasteiger partial charge in [0.1, 0.15) is 11.6 Å². The molecule has 1 aliphatic rings. The van der Waals surface area contributed by atoms with E-state index in [2.05, 4.69) is 41.5 Å². The maximum atomic E-state index is 11.9. The Morgan fingerprint density at radius 3 is 2.95 bits per heavy atom. The van der Waals surface area contributed by atoms with Gasteiger partial charge in [-0.15, -0.1) is 0 Å². The highest BCUT2D eigenvalue weighted by molar-refractivity contribution is 5.86. The molecular formula is C15H21N5O. The molecule has 112 valence electrons. The molecule has 1 aliphatic heterocycles. The Morgan fingerprint density at radius 1 is 1.43 bits per heavy atom. The van der Waals surface area contributed by atoms with Crippen LogP contribution in [0.3, 0.4) is 0 Å². The monoisotopic (exact) mass is 287 g/mol. The summed E-state index contributed by atoms with van der Waals surface area (Å²) < 4.78 is 1.82. The van der Waals surface area contributed by atoms with Crippen molar-refractivity contribution in [3.8, 4) is 0 Å². The largest absolute Gasteiger partial charge is 0.357 e. The quantitative estimate of drug-likeness (QED) is 0.882. The van der Waals surface area contributed by atoms with Crippen LogP contribution in [-0.4, -0.2) is 33.1 Å². The fourth-order valence-electron chi connectivity index (χ4n) is 2.47. The van der Waals surface area contributed by atoms with E-state index in [0.717, 1.165) is 30.6 Å². The minimum Gasteiger partial charge on any atom is -0.357 e. The third kappa shape index (κ3) is 2.70. The van der Waals surface area contributed by atoms with Crippen molar-refractivity contribution < 1.29 is 4.79 Å². The molecule has 0 aromatic carbocycles. The lowest BCUT2D eigenvalue weighted by Gasteiger charge is -2.23. The van der Waals surface area contributed by atoms with E-state index in [-0.39, 0.29) is 17.4 Å². The van der Waals surface area contributed by atoms with Gasteiger partial charge < -0.3 is 10.6 Å². The molecule has 3 rings (SSSR count). The molecule has 2 aromatic heterocycles. The van der Waals surface area contributed by atoms with Gasteiger partial charge in [0.15, 0.2) is 5.82 Å². The molecule has 0 bridgehead atoms.